The highest BCUT2D eigenvalue weighted by molar-refractivity contribution is 7.78. The molecule has 0 aliphatic heterocycles. The number of benzene rings is 2. The molecule has 0 fully saturated rings. The fourth-order valence-electron chi connectivity index (χ4n) is 1.65. The SMILES string of the molecule is C[P@@](=O)(c1ccccc1)c1cc(F)cc(F)c1. The van der Waals surface area contributed by atoms with E-state index in [-0.39, 0.29) is 5.30 Å². The van der Waals surface area contributed by atoms with E-state index >= 15 is 0 Å². The average molecular weight is 252 g/mol. The van der Waals surface area contributed by atoms with E-state index in [2.05, 4.69) is 0 Å². The molecule has 0 saturated heterocycles. The number of halogens is 2. The Labute approximate surface area is 98.5 Å². The van der Waals surface area contributed by atoms with Gasteiger partial charge in [0.2, 0.25) is 0 Å². The highest BCUT2D eigenvalue weighted by atomic mass is 31.2. The summed E-state index contributed by atoms with van der Waals surface area (Å²) in [7, 11) is -2.93. The van der Waals surface area contributed by atoms with Gasteiger partial charge in [0.15, 0.2) is 0 Å². The van der Waals surface area contributed by atoms with Gasteiger partial charge in [-0.1, -0.05) is 30.3 Å². The second-order valence-corrected chi connectivity index (χ2v) is 6.77. The van der Waals surface area contributed by atoms with Gasteiger partial charge in [0.05, 0.1) is 0 Å². The number of hydrogen-bond acceptors (Lipinski definition) is 1. The van der Waals surface area contributed by atoms with Gasteiger partial charge in [0.1, 0.15) is 18.8 Å². The Morgan fingerprint density at radius 1 is 0.882 bits per heavy atom. The maximum absolute atomic E-state index is 13.1. The van der Waals surface area contributed by atoms with Crippen LogP contribution in [0.4, 0.5) is 8.78 Å². The Morgan fingerprint density at radius 2 is 1.41 bits per heavy atom. The highest BCUT2D eigenvalue weighted by Crippen LogP contribution is 2.38. The lowest BCUT2D eigenvalue weighted by Gasteiger charge is -2.13. The first-order valence-corrected chi connectivity index (χ1v) is 7.25. The molecule has 0 heterocycles. The van der Waals surface area contributed by atoms with E-state index in [0.29, 0.717) is 5.30 Å². The molecule has 0 bridgehead atoms. The topological polar surface area (TPSA) is 17.1 Å². The standard InChI is InChI=1S/C13H11F2OP/c1-17(16,12-5-3-2-4-6-12)13-8-10(14)7-11(15)9-13/h2-9H,1H3/t17-/m1/s1. The molecule has 0 saturated carbocycles. The van der Waals surface area contributed by atoms with Crippen molar-refractivity contribution in [2.75, 3.05) is 6.66 Å². The zero-order valence-electron chi connectivity index (χ0n) is 9.23. The van der Waals surface area contributed by atoms with Crippen LogP contribution in [0.2, 0.25) is 0 Å². The predicted octanol–water partition coefficient (Wildman–Crippen LogP) is 2.91. The van der Waals surface area contributed by atoms with Crippen molar-refractivity contribution in [1.82, 2.24) is 0 Å². The molecule has 1 nitrogen and oxygen atoms in total. The Morgan fingerprint density at radius 3 is 1.94 bits per heavy atom. The third kappa shape index (κ3) is 2.45. The van der Waals surface area contributed by atoms with Crippen LogP contribution in [-0.4, -0.2) is 6.66 Å². The van der Waals surface area contributed by atoms with Crippen LogP contribution in [0.25, 0.3) is 0 Å². The van der Waals surface area contributed by atoms with Crippen molar-refractivity contribution in [2.45, 2.75) is 0 Å². The summed E-state index contributed by atoms with van der Waals surface area (Å²) in [6.45, 7) is 1.51. The highest BCUT2D eigenvalue weighted by Gasteiger charge is 2.22. The smallest absolute Gasteiger partial charge is 0.140 e. The van der Waals surface area contributed by atoms with Gasteiger partial charge in [-0.2, -0.15) is 0 Å². The minimum atomic E-state index is -2.93. The fourth-order valence-corrected chi connectivity index (χ4v) is 3.43. The Bertz CT molecular complexity index is 561. The van der Waals surface area contributed by atoms with Crippen LogP contribution in [0.5, 0.6) is 0 Å². The van der Waals surface area contributed by atoms with Crippen molar-refractivity contribution in [3.05, 3.63) is 60.2 Å². The summed E-state index contributed by atoms with van der Waals surface area (Å²) < 4.78 is 38.8. The molecular formula is C13H11F2OP. The zero-order chi connectivity index (χ0) is 12.5. The average Bonchev–Trinajstić information content (AvgIpc) is 2.29. The molecule has 88 valence electrons. The van der Waals surface area contributed by atoms with Crippen LogP contribution < -0.4 is 10.6 Å². The molecule has 2 aromatic carbocycles. The first kappa shape index (κ1) is 12.0. The van der Waals surface area contributed by atoms with E-state index in [1.807, 2.05) is 0 Å². The van der Waals surface area contributed by atoms with E-state index in [1.165, 1.54) is 6.66 Å². The van der Waals surface area contributed by atoms with Gasteiger partial charge in [-0.3, -0.25) is 0 Å². The molecule has 1 atom stereocenters. The van der Waals surface area contributed by atoms with Crippen molar-refractivity contribution < 1.29 is 13.3 Å². The zero-order valence-corrected chi connectivity index (χ0v) is 10.1. The molecule has 0 unspecified atom stereocenters. The molecule has 2 rings (SSSR count). The largest absolute Gasteiger partial charge is 0.314 e. The van der Waals surface area contributed by atoms with E-state index in [4.69, 9.17) is 0 Å². The van der Waals surface area contributed by atoms with Crippen molar-refractivity contribution in [3.8, 4) is 0 Å². The predicted molar refractivity (Wildman–Crippen MR) is 65.6 cm³/mol. The first-order valence-electron chi connectivity index (χ1n) is 5.10. The van der Waals surface area contributed by atoms with E-state index in [0.717, 1.165) is 18.2 Å². The van der Waals surface area contributed by atoms with Crippen molar-refractivity contribution in [3.63, 3.8) is 0 Å². The van der Waals surface area contributed by atoms with Gasteiger partial charge >= 0.3 is 0 Å². The molecule has 0 radical (unpaired) electrons. The van der Waals surface area contributed by atoms with Gasteiger partial charge in [0, 0.05) is 16.7 Å². The first-order chi connectivity index (χ1) is 8.00. The van der Waals surface area contributed by atoms with Crippen LogP contribution in [0, 0.1) is 11.6 Å². The normalized spacial score (nSPS) is 14.3. The van der Waals surface area contributed by atoms with Gasteiger partial charge in [-0.05, 0) is 18.8 Å². The molecular weight excluding hydrogens is 241 g/mol. The fraction of sp³-hybridized carbons (Fsp3) is 0.0769. The van der Waals surface area contributed by atoms with Crippen LogP contribution in [0.3, 0.4) is 0 Å². The molecule has 2 aromatic rings. The summed E-state index contributed by atoms with van der Waals surface area (Å²) in [6.07, 6.45) is 0. The Hall–Kier alpha value is -1.47. The van der Waals surface area contributed by atoms with E-state index in [9.17, 15) is 13.3 Å². The number of rotatable bonds is 2. The van der Waals surface area contributed by atoms with Crippen molar-refractivity contribution in [1.29, 1.82) is 0 Å². The molecule has 4 heteroatoms. The molecule has 0 aromatic heterocycles. The van der Waals surface area contributed by atoms with E-state index < -0.39 is 18.8 Å². The lowest BCUT2D eigenvalue weighted by atomic mass is 10.3. The van der Waals surface area contributed by atoms with Gasteiger partial charge in [-0.15, -0.1) is 0 Å². The van der Waals surface area contributed by atoms with Crippen molar-refractivity contribution in [2.24, 2.45) is 0 Å². The lowest BCUT2D eigenvalue weighted by molar-refractivity contribution is 0.579. The quantitative estimate of drug-likeness (QED) is 0.751. The second kappa shape index (κ2) is 4.42. The van der Waals surface area contributed by atoms with Crippen LogP contribution in [0.1, 0.15) is 0 Å². The summed E-state index contributed by atoms with van der Waals surface area (Å²) in [5.74, 6) is -1.42. The summed E-state index contributed by atoms with van der Waals surface area (Å²) >= 11 is 0. The Balaban J connectivity index is 2.56. The molecule has 0 spiro atoms. The summed E-state index contributed by atoms with van der Waals surface area (Å²) in [4.78, 5) is 0. The minimum absolute atomic E-state index is 0.196. The van der Waals surface area contributed by atoms with Crippen LogP contribution in [-0.2, 0) is 4.57 Å². The maximum atomic E-state index is 13.1. The third-order valence-electron chi connectivity index (χ3n) is 2.59. The monoisotopic (exact) mass is 252 g/mol. The summed E-state index contributed by atoms with van der Waals surface area (Å²) in [6, 6.07) is 11.7. The van der Waals surface area contributed by atoms with Crippen LogP contribution in [0.15, 0.2) is 48.5 Å². The summed E-state index contributed by atoms with van der Waals surface area (Å²) in [5.41, 5.74) is 0. The number of hydrogen-bond donors (Lipinski definition) is 0. The van der Waals surface area contributed by atoms with E-state index in [1.54, 1.807) is 30.3 Å². The Kier molecular flexibility index (Phi) is 3.12. The van der Waals surface area contributed by atoms with Gasteiger partial charge in [0.25, 0.3) is 0 Å². The second-order valence-electron chi connectivity index (χ2n) is 3.89. The van der Waals surface area contributed by atoms with Gasteiger partial charge < -0.3 is 4.57 Å². The van der Waals surface area contributed by atoms with Crippen LogP contribution >= 0.6 is 7.14 Å². The lowest BCUT2D eigenvalue weighted by Crippen LogP contribution is -2.15. The molecule has 17 heavy (non-hydrogen) atoms. The molecule has 0 amide bonds. The van der Waals surface area contributed by atoms with Gasteiger partial charge in [-0.25, -0.2) is 8.78 Å². The summed E-state index contributed by atoms with van der Waals surface area (Å²) in [5, 5.41) is 0.784. The molecule has 0 aliphatic carbocycles. The van der Waals surface area contributed by atoms with Crippen molar-refractivity contribution >= 4 is 17.8 Å². The maximum Gasteiger partial charge on any atom is 0.140 e. The molecule has 0 N–H and O–H groups in total. The minimum Gasteiger partial charge on any atom is -0.314 e. The molecule has 0 aliphatic rings. The third-order valence-corrected chi connectivity index (χ3v) is 5.12.